The van der Waals surface area contributed by atoms with Crippen molar-refractivity contribution in [2.45, 2.75) is 6.92 Å². The number of hydrogen-bond acceptors (Lipinski definition) is 2. The van der Waals surface area contributed by atoms with Crippen LogP contribution in [-0.4, -0.2) is 10.2 Å². The summed E-state index contributed by atoms with van der Waals surface area (Å²) in [5, 5.41) is 7.99. The number of aromatic amines is 1. The molecule has 0 saturated heterocycles. The van der Waals surface area contributed by atoms with E-state index in [1.165, 1.54) is 0 Å². The molecule has 12 heavy (non-hydrogen) atoms. The maximum absolute atomic E-state index is 5.83. The Morgan fingerprint density at radius 2 is 2.25 bits per heavy atom. The molecule has 0 atom stereocenters. The molecule has 4 heteroatoms. The summed E-state index contributed by atoms with van der Waals surface area (Å²) in [6, 6.07) is 3.82. The van der Waals surface area contributed by atoms with Gasteiger partial charge in [0.1, 0.15) is 5.15 Å². The molecule has 1 heterocycles. The molecule has 1 aromatic carbocycles. The fraction of sp³-hybridized carbons (Fsp3) is 0.125. The van der Waals surface area contributed by atoms with Gasteiger partial charge in [0.25, 0.3) is 0 Å². The number of H-pyrrole nitrogens is 1. The summed E-state index contributed by atoms with van der Waals surface area (Å²) < 4.78 is 0. The Balaban J connectivity index is 2.93. The number of nitrogens with zero attached hydrogens (tertiary/aromatic N) is 1. The van der Waals surface area contributed by atoms with Crippen molar-refractivity contribution in [3.05, 3.63) is 22.8 Å². The van der Waals surface area contributed by atoms with Crippen LogP contribution in [0.25, 0.3) is 10.9 Å². The monoisotopic (exact) mass is 181 g/mol. The average Bonchev–Trinajstić information content (AvgIpc) is 2.31. The first kappa shape index (κ1) is 7.43. The maximum atomic E-state index is 5.83. The summed E-state index contributed by atoms with van der Waals surface area (Å²) in [6.07, 6.45) is 0. The van der Waals surface area contributed by atoms with Crippen LogP contribution >= 0.6 is 11.6 Å². The molecule has 0 fully saturated rings. The lowest BCUT2D eigenvalue weighted by Crippen LogP contribution is -1.86. The molecular weight excluding hydrogens is 174 g/mol. The molecule has 0 saturated carbocycles. The Kier molecular flexibility index (Phi) is 1.48. The number of halogens is 1. The van der Waals surface area contributed by atoms with Gasteiger partial charge in [0.05, 0.1) is 10.9 Å². The van der Waals surface area contributed by atoms with Gasteiger partial charge >= 0.3 is 0 Å². The Labute approximate surface area is 74.5 Å². The van der Waals surface area contributed by atoms with Crippen LogP contribution in [0.1, 0.15) is 5.56 Å². The third kappa shape index (κ3) is 0.940. The molecule has 3 nitrogen and oxygen atoms in total. The normalized spacial score (nSPS) is 10.8. The summed E-state index contributed by atoms with van der Waals surface area (Å²) in [5.74, 6) is 0. The van der Waals surface area contributed by atoms with Gasteiger partial charge in [-0.15, -0.1) is 0 Å². The van der Waals surface area contributed by atoms with Gasteiger partial charge in [0.2, 0.25) is 0 Å². The van der Waals surface area contributed by atoms with Gasteiger partial charge < -0.3 is 5.73 Å². The fourth-order valence-electron chi connectivity index (χ4n) is 1.29. The molecule has 0 amide bonds. The van der Waals surface area contributed by atoms with E-state index in [-0.39, 0.29) is 0 Å². The van der Waals surface area contributed by atoms with Gasteiger partial charge in [-0.05, 0) is 24.6 Å². The van der Waals surface area contributed by atoms with Crippen LogP contribution in [0.5, 0.6) is 0 Å². The molecule has 2 rings (SSSR count). The predicted octanol–water partition coefficient (Wildman–Crippen LogP) is 2.11. The zero-order valence-corrected chi connectivity index (χ0v) is 7.31. The first-order chi connectivity index (χ1) is 5.68. The third-order valence-electron chi connectivity index (χ3n) is 1.79. The van der Waals surface area contributed by atoms with Crippen LogP contribution in [0, 0.1) is 6.92 Å². The second kappa shape index (κ2) is 2.38. The van der Waals surface area contributed by atoms with E-state index in [1.54, 1.807) is 0 Å². The van der Waals surface area contributed by atoms with Crippen molar-refractivity contribution in [3.8, 4) is 0 Å². The molecule has 0 bridgehead atoms. The smallest absolute Gasteiger partial charge is 0.134 e. The Bertz CT molecular complexity index is 433. The van der Waals surface area contributed by atoms with Crippen molar-refractivity contribution in [3.63, 3.8) is 0 Å². The maximum Gasteiger partial charge on any atom is 0.134 e. The van der Waals surface area contributed by atoms with Crippen LogP contribution in [0.2, 0.25) is 5.15 Å². The minimum atomic E-state index is 0.502. The standard InChI is InChI=1S/C8H8ClN3/c1-4-2-5(10)7-6(3-4)11-12-8(7)9/h2-3H,10H2,1H3,(H,11,12). The van der Waals surface area contributed by atoms with Gasteiger partial charge in [0, 0.05) is 5.69 Å². The van der Waals surface area contributed by atoms with E-state index < -0.39 is 0 Å². The van der Waals surface area contributed by atoms with E-state index in [0.717, 1.165) is 16.5 Å². The predicted molar refractivity (Wildman–Crippen MR) is 50.3 cm³/mol. The van der Waals surface area contributed by atoms with Crippen molar-refractivity contribution in [1.82, 2.24) is 10.2 Å². The zero-order valence-electron chi connectivity index (χ0n) is 6.56. The van der Waals surface area contributed by atoms with Crippen molar-refractivity contribution >= 4 is 28.2 Å². The van der Waals surface area contributed by atoms with Crippen LogP contribution in [-0.2, 0) is 0 Å². The summed E-state index contributed by atoms with van der Waals surface area (Å²) >= 11 is 5.83. The molecule has 3 N–H and O–H groups in total. The molecule has 62 valence electrons. The summed E-state index contributed by atoms with van der Waals surface area (Å²) in [4.78, 5) is 0. The van der Waals surface area contributed by atoms with Crippen LogP contribution in [0.4, 0.5) is 5.69 Å². The number of benzene rings is 1. The van der Waals surface area contributed by atoms with E-state index in [4.69, 9.17) is 17.3 Å². The summed E-state index contributed by atoms with van der Waals surface area (Å²) in [5.41, 5.74) is 8.33. The number of aromatic nitrogens is 2. The number of rotatable bonds is 0. The van der Waals surface area contributed by atoms with Gasteiger partial charge in [-0.2, -0.15) is 5.10 Å². The highest BCUT2D eigenvalue weighted by atomic mass is 35.5. The molecule has 0 aliphatic heterocycles. The third-order valence-corrected chi connectivity index (χ3v) is 2.06. The highest BCUT2D eigenvalue weighted by molar-refractivity contribution is 6.35. The van der Waals surface area contributed by atoms with Gasteiger partial charge in [-0.1, -0.05) is 11.6 Å². The van der Waals surface area contributed by atoms with E-state index in [9.17, 15) is 0 Å². The lowest BCUT2D eigenvalue weighted by molar-refractivity contribution is 1.12. The van der Waals surface area contributed by atoms with E-state index in [2.05, 4.69) is 10.2 Å². The molecule has 0 aliphatic rings. The quantitative estimate of drug-likeness (QED) is 0.612. The van der Waals surface area contributed by atoms with Crippen LogP contribution in [0.3, 0.4) is 0 Å². The Morgan fingerprint density at radius 3 is 3.00 bits per heavy atom. The van der Waals surface area contributed by atoms with Crippen molar-refractivity contribution in [2.24, 2.45) is 0 Å². The van der Waals surface area contributed by atoms with E-state index >= 15 is 0 Å². The minimum absolute atomic E-state index is 0.502. The number of nitrogens with two attached hydrogens (primary N) is 1. The number of aryl methyl sites for hydroxylation is 1. The summed E-state index contributed by atoms with van der Waals surface area (Å²) in [7, 11) is 0. The highest BCUT2D eigenvalue weighted by Crippen LogP contribution is 2.27. The number of hydrogen-bond donors (Lipinski definition) is 2. The SMILES string of the molecule is Cc1cc(N)c2c(Cl)[nH]nc2c1. The molecular formula is C8H8ClN3. The Morgan fingerprint density at radius 1 is 1.50 bits per heavy atom. The zero-order chi connectivity index (χ0) is 8.72. The van der Waals surface area contributed by atoms with Crippen molar-refractivity contribution < 1.29 is 0 Å². The largest absolute Gasteiger partial charge is 0.398 e. The number of fused-ring (bicyclic) bond motifs is 1. The van der Waals surface area contributed by atoms with Crippen LogP contribution in [0.15, 0.2) is 12.1 Å². The number of nitrogens with one attached hydrogen (secondary N) is 1. The molecule has 0 aliphatic carbocycles. The second-order valence-corrected chi connectivity index (χ2v) is 3.16. The first-order valence-corrected chi connectivity index (χ1v) is 3.96. The number of anilines is 1. The molecule has 0 spiro atoms. The number of nitrogen functional groups attached to an aromatic ring is 1. The minimum Gasteiger partial charge on any atom is -0.398 e. The molecule has 0 unspecified atom stereocenters. The average molecular weight is 182 g/mol. The van der Waals surface area contributed by atoms with Gasteiger partial charge in [-0.3, -0.25) is 5.10 Å². The van der Waals surface area contributed by atoms with Gasteiger partial charge in [-0.25, -0.2) is 0 Å². The van der Waals surface area contributed by atoms with Gasteiger partial charge in [0.15, 0.2) is 0 Å². The lowest BCUT2D eigenvalue weighted by atomic mass is 10.1. The van der Waals surface area contributed by atoms with E-state index in [1.807, 2.05) is 19.1 Å². The first-order valence-electron chi connectivity index (χ1n) is 3.58. The Hall–Kier alpha value is -1.22. The summed E-state index contributed by atoms with van der Waals surface area (Å²) in [6.45, 7) is 1.97. The topological polar surface area (TPSA) is 54.7 Å². The van der Waals surface area contributed by atoms with E-state index in [0.29, 0.717) is 10.8 Å². The lowest BCUT2D eigenvalue weighted by Gasteiger charge is -1.97. The second-order valence-electron chi connectivity index (χ2n) is 2.79. The van der Waals surface area contributed by atoms with Crippen LogP contribution < -0.4 is 5.73 Å². The fourth-order valence-corrected chi connectivity index (χ4v) is 1.54. The molecule has 0 radical (unpaired) electrons. The highest BCUT2D eigenvalue weighted by Gasteiger charge is 2.06. The molecule has 2 aromatic rings. The van der Waals surface area contributed by atoms with Crippen molar-refractivity contribution in [1.29, 1.82) is 0 Å². The molecule has 1 aromatic heterocycles. The van der Waals surface area contributed by atoms with Crippen molar-refractivity contribution in [2.75, 3.05) is 5.73 Å².